The molecule has 0 aliphatic carbocycles. The van der Waals surface area contributed by atoms with Crippen molar-refractivity contribution in [2.24, 2.45) is 0 Å². The fraction of sp³-hybridized carbons (Fsp3) is 0.364. The summed E-state index contributed by atoms with van der Waals surface area (Å²) in [6.07, 6.45) is 1.60. The number of ether oxygens (including phenoxy) is 1. The summed E-state index contributed by atoms with van der Waals surface area (Å²) >= 11 is 7.19. The topological polar surface area (TPSA) is 61.0 Å². The van der Waals surface area contributed by atoms with Crippen molar-refractivity contribution >= 4 is 23.4 Å². The van der Waals surface area contributed by atoms with Crippen LogP contribution in [-0.2, 0) is 0 Å². The molecule has 0 saturated carbocycles. The molecule has 96 valence electrons. The van der Waals surface area contributed by atoms with Crippen LogP contribution in [0.25, 0.3) is 0 Å². The highest BCUT2D eigenvalue weighted by Crippen LogP contribution is 2.29. The number of aromatic nitrogens is 3. The molecule has 0 aliphatic heterocycles. The van der Waals surface area contributed by atoms with Gasteiger partial charge in [-0.3, -0.25) is 0 Å². The van der Waals surface area contributed by atoms with Gasteiger partial charge in [-0.05, 0) is 50.2 Å². The van der Waals surface area contributed by atoms with Crippen LogP contribution < -0.4 is 4.74 Å². The minimum atomic E-state index is -0.0167. The third-order valence-electron chi connectivity index (χ3n) is 1.92. The van der Waals surface area contributed by atoms with E-state index in [9.17, 15) is 0 Å². The molecule has 2 heterocycles. The molecule has 18 heavy (non-hydrogen) atoms. The van der Waals surface area contributed by atoms with Crippen molar-refractivity contribution in [2.45, 2.75) is 36.9 Å². The van der Waals surface area contributed by atoms with E-state index in [0.29, 0.717) is 5.16 Å². The van der Waals surface area contributed by atoms with Crippen LogP contribution in [0.5, 0.6) is 6.01 Å². The van der Waals surface area contributed by atoms with Crippen molar-refractivity contribution in [1.29, 1.82) is 0 Å². The molecule has 0 saturated heterocycles. The van der Waals surface area contributed by atoms with Gasteiger partial charge < -0.3 is 9.15 Å². The highest BCUT2D eigenvalue weighted by molar-refractivity contribution is 7.99. The maximum absolute atomic E-state index is 5.83. The van der Waals surface area contributed by atoms with Crippen molar-refractivity contribution in [3.63, 3.8) is 0 Å². The van der Waals surface area contributed by atoms with E-state index in [1.54, 1.807) is 6.26 Å². The molecule has 0 N–H and O–H groups in total. The Kier molecular flexibility index (Phi) is 4.08. The third kappa shape index (κ3) is 3.36. The first-order chi connectivity index (χ1) is 8.54. The van der Waals surface area contributed by atoms with E-state index in [-0.39, 0.29) is 17.4 Å². The molecule has 0 aromatic carbocycles. The van der Waals surface area contributed by atoms with Gasteiger partial charge in [0.05, 0.1) is 17.3 Å². The summed E-state index contributed by atoms with van der Waals surface area (Å²) in [6.45, 7) is 5.66. The zero-order valence-electron chi connectivity index (χ0n) is 10.2. The fourth-order valence-electron chi connectivity index (χ4n) is 1.20. The van der Waals surface area contributed by atoms with Gasteiger partial charge in [-0.1, -0.05) is 0 Å². The van der Waals surface area contributed by atoms with Gasteiger partial charge in [0.25, 0.3) is 0 Å². The highest BCUT2D eigenvalue weighted by Gasteiger charge is 2.11. The molecule has 2 rings (SSSR count). The van der Waals surface area contributed by atoms with Crippen LogP contribution >= 0.6 is 23.4 Å². The minimum absolute atomic E-state index is 0.0167. The summed E-state index contributed by atoms with van der Waals surface area (Å²) < 4.78 is 10.6. The summed E-state index contributed by atoms with van der Waals surface area (Å²) in [7, 11) is 0. The first-order valence-corrected chi connectivity index (χ1v) is 6.54. The summed E-state index contributed by atoms with van der Waals surface area (Å²) in [6, 6.07) is 2.08. The molecule has 0 atom stereocenters. The van der Waals surface area contributed by atoms with Crippen molar-refractivity contribution in [3.05, 3.63) is 23.4 Å². The van der Waals surface area contributed by atoms with E-state index < -0.39 is 0 Å². The molecule has 0 aliphatic rings. The van der Waals surface area contributed by atoms with E-state index in [1.165, 1.54) is 11.8 Å². The van der Waals surface area contributed by atoms with Crippen LogP contribution in [0, 0.1) is 6.92 Å². The van der Waals surface area contributed by atoms with Crippen molar-refractivity contribution in [3.8, 4) is 6.01 Å². The zero-order chi connectivity index (χ0) is 13.1. The van der Waals surface area contributed by atoms with Gasteiger partial charge in [0.15, 0.2) is 5.16 Å². The molecule has 5 nitrogen and oxygen atoms in total. The Labute approximate surface area is 114 Å². The first kappa shape index (κ1) is 13.2. The smallest absolute Gasteiger partial charge is 0.322 e. The standard InChI is InChI=1S/C11H12ClN3O2S/c1-6(2)17-10-13-9(12)14-11(15-10)18-8-4-5-16-7(8)3/h4-6H,1-3H3. The van der Waals surface area contributed by atoms with Gasteiger partial charge in [0, 0.05) is 0 Å². The predicted molar refractivity (Wildman–Crippen MR) is 68.2 cm³/mol. The van der Waals surface area contributed by atoms with E-state index in [2.05, 4.69) is 15.0 Å². The Hall–Kier alpha value is -1.27. The van der Waals surface area contributed by atoms with Gasteiger partial charge in [-0.15, -0.1) is 0 Å². The molecule has 2 aromatic rings. The lowest BCUT2D eigenvalue weighted by molar-refractivity contribution is 0.219. The molecular weight excluding hydrogens is 274 g/mol. The van der Waals surface area contributed by atoms with Crippen LogP contribution in [0.15, 0.2) is 26.8 Å². The number of nitrogens with zero attached hydrogens (tertiary/aromatic N) is 3. The molecular formula is C11H12ClN3O2S. The zero-order valence-corrected chi connectivity index (χ0v) is 11.7. The second-order valence-electron chi connectivity index (χ2n) is 3.78. The van der Waals surface area contributed by atoms with E-state index in [0.717, 1.165) is 10.7 Å². The quantitative estimate of drug-likeness (QED) is 0.858. The predicted octanol–water partition coefficient (Wildman–Crippen LogP) is 3.36. The summed E-state index contributed by atoms with van der Waals surface area (Å²) in [5, 5.41) is 0.597. The molecule has 0 fully saturated rings. The number of hydrogen-bond acceptors (Lipinski definition) is 6. The van der Waals surface area contributed by atoms with Crippen molar-refractivity contribution in [1.82, 2.24) is 15.0 Å². The van der Waals surface area contributed by atoms with Gasteiger partial charge in [0.2, 0.25) is 5.28 Å². The van der Waals surface area contributed by atoms with E-state index in [4.69, 9.17) is 20.8 Å². The number of furan rings is 1. The van der Waals surface area contributed by atoms with Gasteiger partial charge in [-0.25, -0.2) is 0 Å². The minimum Gasteiger partial charge on any atom is -0.468 e. The van der Waals surface area contributed by atoms with Crippen LogP contribution in [0.2, 0.25) is 5.28 Å². The third-order valence-corrected chi connectivity index (χ3v) is 3.10. The van der Waals surface area contributed by atoms with Crippen LogP contribution in [0.1, 0.15) is 19.6 Å². The first-order valence-electron chi connectivity index (χ1n) is 5.35. The largest absolute Gasteiger partial charge is 0.468 e. The molecule has 0 radical (unpaired) electrons. The average molecular weight is 286 g/mol. The van der Waals surface area contributed by atoms with E-state index >= 15 is 0 Å². The Bertz CT molecular complexity index is 545. The lowest BCUT2D eigenvalue weighted by Gasteiger charge is -2.08. The summed E-state index contributed by atoms with van der Waals surface area (Å²) in [5.41, 5.74) is 0. The SMILES string of the molecule is Cc1occc1Sc1nc(Cl)nc(OC(C)C)n1. The van der Waals surface area contributed by atoms with Crippen molar-refractivity contribution < 1.29 is 9.15 Å². The molecule has 2 aromatic heterocycles. The average Bonchev–Trinajstić information content (AvgIpc) is 2.62. The lowest BCUT2D eigenvalue weighted by atomic mass is 10.5. The lowest BCUT2D eigenvalue weighted by Crippen LogP contribution is -2.09. The summed E-state index contributed by atoms with van der Waals surface area (Å²) in [4.78, 5) is 13.1. The Morgan fingerprint density at radius 1 is 1.33 bits per heavy atom. The number of aryl methyl sites for hydroxylation is 1. The van der Waals surface area contributed by atoms with Gasteiger partial charge in [-0.2, -0.15) is 15.0 Å². The normalized spacial score (nSPS) is 10.9. The number of rotatable bonds is 4. The fourth-order valence-corrected chi connectivity index (χ4v) is 2.17. The van der Waals surface area contributed by atoms with Crippen molar-refractivity contribution in [2.75, 3.05) is 0 Å². The van der Waals surface area contributed by atoms with Gasteiger partial charge in [0.1, 0.15) is 5.76 Å². The molecule has 7 heteroatoms. The number of hydrogen-bond donors (Lipinski definition) is 0. The van der Waals surface area contributed by atoms with Crippen LogP contribution in [0.4, 0.5) is 0 Å². The van der Waals surface area contributed by atoms with E-state index in [1.807, 2.05) is 26.8 Å². The van der Waals surface area contributed by atoms with Crippen LogP contribution in [-0.4, -0.2) is 21.1 Å². The second-order valence-corrected chi connectivity index (χ2v) is 5.13. The molecule has 0 spiro atoms. The molecule has 0 amide bonds. The molecule has 0 unspecified atom stereocenters. The Morgan fingerprint density at radius 3 is 2.72 bits per heavy atom. The maximum atomic E-state index is 5.83. The highest BCUT2D eigenvalue weighted by atomic mass is 35.5. The Morgan fingerprint density at radius 2 is 2.11 bits per heavy atom. The monoisotopic (exact) mass is 285 g/mol. The maximum Gasteiger partial charge on any atom is 0.322 e. The summed E-state index contributed by atoms with van der Waals surface area (Å²) in [5.74, 6) is 0.808. The van der Waals surface area contributed by atoms with Crippen LogP contribution in [0.3, 0.4) is 0 Å². The second kappa shape index (κ2) is 5.58. The Balaban J connectivity index is 2.23. The molecule has 0 bridgehead atoms. The van der Waals surface area contributed by atoms with Gasteiger partial charge >= 0.3 is 6.01 Å². The number of halogens is 1.